The van der Waals surface area contributed by atoms with E-state index in [1.165, 1.54) is 13.7 Å². The second-order valence-corrected chi connectivity index (χ2v) is 9.01. The predicted molar refractivity (Wildman–Crippen MR) is 107 cm³/mol. The Bertz CT molecular complexity index is 867. The smallest absolute Gasteiger partial charge is 0.349 e. The molecule has 4 N–H and O–H groups in total. The van der Waals surface area contributed by atoms with Crippen LogP contribution in [0.3, 0.4) is 0 Å². The quantitative estimate of drug-likeness (QED) is 0.430. The average molecular weight is 456 g/mol. The van der Waals surface area contributed by atoms with Crippen molar-refractivity contribution in [1.29, 1.82) is 0 Å². The van der Waals surface area contributed by atoms with Gasteiger partial charge in [-0.15, -0.1) is 10.2 Å². The normalized spacial score (nSPS) is 9.21. The van der Waals surface area contributed by atoms with Gasteiger partial charge in [-0.3, -0.25) is 0 Å². The topological polar surface area (TPSA) is 176 Å². The van der Waals surface area contributed by atoms with E-state index in [9.17, 15) is 9.59 Å². The third-order valence-electron chi connectivity index (χ3n) is 2.84. The predicted octanol–water partition coefficient (Wildman–Crippen LogP) is 1.37. The maximum absolute atomic E-state index is 11.0. The van der Waals surface area contributed by atoms with Crippen LogP contribution in [0.2, 0.25) is 0 Å². The van der Waals surface area contributed by atoms with Gasteiger partial charge in [-0.2, -0.15) is 0 Å². The van der Waals surface area contributed by atoms with Crippen LogP contribution in [0.25, 0.3) is 0 Å². The van der Waals surface area contributed by atoms with E-state index in [4.69, 9.17) is 9.84 Å². The van der Waals surface area contributed by atoms with Gasteiger partial charge in [-0.1, -0.05) is 8.98 Å². The summed E-state index contributed by atoms with van der Waals surface area (Å²) in [6.07, 6.45) is 0. The number of carbonyl (C=O) groups is 2. The SMILES string of the molecule is CCOC(=O)c1snnc1C.Cc1nns[c]1[Na].Cc1nnsc1C(=O)O.N. The summed E-state index contributed by atoms with van der Waals surface area (Å²) >= 11 is 4.56. The van der Waals surface area contributed by atoms with Crippen LogP contribution in [0.1, 0.15) is 43.3 Å². The van der Waals surface area contributed by atoms with Crippen molar-refractivity contribution in [3.63, 3.8) is 0 Å². The molecule has 0 bridgehead atoms. The van der Waals surface area contributed by atoms with Crippen molar-refractivity contribution in [2.45, 2.75) is 27.7 Å². The minimum atomic E-state index is -0.956. The fraction of sp³-hybridized carbons (Fsp3) is 0.385. The number of aromatic carboxylic acids is 1. The van der Waals surface area contributed by atoms with Crippen LogP contribution in [0.5, 0.6) is 0 Å². The molecule has 0 saturated heterocycles. The Morgan fingerprint density at radius 1 is 0.929 bits per heavy atom. The van der Waals surface area contributed by atoms with Gasteiger partial charge >= 0.3 is 75.7 Å². The molecule has 3 aromatic rings. The van der Waals surface area contributed by atoms with E-state index in [2.05, 4.69) is 28.8 Å². The van der Waals surface area contributed by atoms with Crippen molar-refractivity contribution in [3.05, 3.63) is 26.8 Å². The molecular formula is C13H18N7NaO4S3. The second kappa shape index (κ2) is 13.7. The van der Waals surface area contributed by atoms with Gasteiger partial charge in [0.1, 0.15) is 0 Å². The molecule has 3 rings (SSSR count). The molecule has 28 heavy (non-hydrogen) atoms. The first-order valence-electron chi connectivity index (χ1n) is 7.51. The van der Waals surface area contributed by atoms with Crippen LogP contribution < -0.4 is 8.28 Å². The molecule has 0 atom stereocenters. The largest absolute Gasteiger partial charge is 0.477 e. The molecule has 0 saturated carbocycles. The number of esters is 1. The Morgan fingerprint density at radius 3 is 1.64 bits per heavy atom. The molecule has 0 fully saturated rings. The fourth-order valence-electron chi connectivity index (χ4n) is 1.32. The van der Waals surface area contributed by atoms with Gasteiger partial charge in [0.15, 0.2) is 9.75 Å². The van der Waals surface area contributed by atoms with Gasteiger partial charge in [0.2, 0.25) is 0 Å². The molecule has 0 unspecified atom stereocenters. The Hall–Kier alpha value is -1.42. The molecular weight excluding hydrogens is 437 g/mol. The summed E-state index contributed by atoms with van der Waals surface area (Å²) in [4.78, 5) is 22.0. The van der Waals surface area contributed by atoms with Crippen LogP contribution >= 0.6 is 34.6 Å². The number of ether oxygens (including phenoxy) is 1. The van der Waals surface area contributed by atoms with E-state index >= 15 is 0 Å². The summed E-state index contributed by atoms with van der Waals surface area (Å²) in [7, 11) is 0. The molecule has 0 aromatic carbocycles. The van der Waals surface area contributed by atoms with Gasteiger partial charge < -0.3 is 16.0 Å². The molecule has 15 heteroatoms. The van der Waals surface area contributed by atoms with Crippen LogP contribution in [-0.2, 0) is 4.74 Å². The van der Waals surface area contributed by atoms with Crippen LogP contribution in [0, 0.1) is 20.8 Å². The van der Waals surface area contributed by atoms with Crippen molar-refractivity contribution >= 4 is 76.6 Å². The zero-order valence-corrected chi connectivity index (χ0v) is 20.4. The number of carboxylic acid groups (broad SMARTS) is 1. The first kappa shape index (κ1) is 26.6. The van der Waals surface area contributed by atoms with E-state index in [0.717, 1.165) is 56.7 Å². The minimum Gasteiger partial charge on any atom is -0.477 e. The summed E-state index contributed by atoms with van der Waals surface area (Å²) in [6.45, 7) is 7.49. The minimum absolute atomic E-state index is 0. The second-order valence-electron chi connectivity index (χ2n) is 4.82. The van der Waals surface area contributed by atoms with Crippen molar-refractivity contribution in [2.75, 3.05) is 6.61 Å². The summed E-state index contributed by atoms with van der Waals surface area (Å²) < 4.78 is 16.9. The molecule has 0 amide bonds. The van der Waals surface area contributed by atoms with E-state index < -0.39 is 5.97 Å². The average Bonchev–Trinajstić information content (AvgIpc) is 3.32. The van der Waals surface area contributed by atoms with Crippen molar-refractivity contribution in [2.24, 2.45) is 0 Å². The Labute approximate surface area is 191 Å². The van der Waals surface area contributed by atoms with Crippen LogP contribution in [0.15, 0.2) is 0 Å². The van der Waals surface area contributed by atoms with Crippen molar-refractivity contribution < 1.29 is 19.4 Å². The van der Waals surface area contributed by atoms with Gasteiger partial charge in [0.25, 0.3) is 0 Å². The number of hydrogen-bond donors (Lipinski definition) is 2. The molecule has 148 valence electrons. The van der Waals surface area contributed by atoms with Gasteiger partial charge in [-0.05, 0) is 43.8 Å². The van der Waals surface area contributed by atoms with E-state index in [1.54, 1.807) is 20.8 Å². The third kappa shape index (κ3) is 8.72. The number of hydrogen-bond acceptors (Lipinski definition) is 13. The Kier molecular flexibility index (Phi) is 13.0. The monoisotopic (exact) mass is 455 g/mol. The number of aromatic nitrogens is 6. The Balaban J connectivity index is 0.000000393. The molecule has 3 aromatic heterocycles. The van der Waals surface area contributed by atoms with Crippen LogP contribution in [-0.4, -0.2) is 80.3 Å². The van der Waals surface area contributed by atoms with Crippen molar-refractivity contribution in [1.82, 2.24) is 34.9 Å². The maximum atomic E-state index is 11.0. The number of carboxylic acids is 1. The molecule has 0 radical (unpaired) electrons. The molecule has 3 heterocycles. The molecule has 0 aliphatic carbocycles. The molecule has 11 nitrogen and oxygen atoms in total. The first-order valence-corrected chi connectivity index (χ1v) is 10.8. The van der Waals surface area contributed by atoms with Gasteiger partial charge in [0, 0.05) is 0 Å². The number of aryl methyl sites for hydroxylation is 3. The maximum Gasteiger partial charge on any atom is 0.349 e. The summed E-state index contributed by atoms with van der Waals surface area (Å²) in [5, 5.41) is 19.4. The fourth-order valence-corrected chi connectivity index (χ4v) is 3.17. The van der Waals surface area contributed by atoms with E-state index in [0.29, 0.717) is 22.9 Å². The van der Waals surface area contributed by atoms with Gasteiger partial charge in [0.05, 0.1) is 18.0 Å². The van der Waals surface area contributed by atoms with Crippen LogP contribution in [0.4, 0.5) is 0 Å². The zero-order valence-electron chi connectivity index (χ0n) is 16.0. The van der Waals surface area contributed by atoms with Gasteiger partial charge in [-0.25, -0.2) is 9.59 Å². The standard InChI is InChI=1S/C6H8N2O2S.C4H4N2O2S.C3H3N2S.H3N.Na/c1-3-10-6(9)5-4(2)7-8-11-5;1-2-3(4(7)8)9-6-5-2;1-3-2-6-5-4-3;;/h3H2,1-2H3;1H3,(H,7,8);1H3;1H3;. The zero-order chi connectivity index (χ0) is 20.4. The van der Waals surface area contributed by atoms with E-state index in [1.807, 2.05) is 6.92 Å². The number of carbonyl (C=O) groups excluding carboxylic acids is 1. The molecule has 0 aliphatic rings. The summed E-state index contributed by atoms with van der Waals surface area (Å²) in [5.74, 6) is -1.29. The third-order valence-corrected chi connectivity index (χ3v) is 6.46. The number of nitrogens with zero attached hydrogens (tertiary/aromatic N) is 6. The number of rotatable bonds is 3. The summed E-state index contributed by atoms with van der Waals surface area (Å²) in [6, 6.07) is 0. The van der Waals surface area contributed by atoms with E-state index in [-0.39, 0.29) is 17.0 Å². The first-order chi connectivity index (χ1) is 12.8. The Morgan fingerprint density at radius 2 is 1.39 bits per heavy atom. The molecule has 0 aliphatic heterocycles. The summed E-state index contributed by atoms with van der Waals surface area (Å²) in [5.41, 5.74) is 2.22. The molecule has 0 spiro atoms. The van der Waals surface area contributed by atoms with Crippen molar-refractivity contribution in [3.8, 4) is 0 Å².